The lowest BCUT2D eigenvalue weighted by Gasteiger charge is -2.39. The van der Waals surface area contributed by atoms with Gasteiger partial charge in [-0.2, -0.15) is 0 Å². The maximum atomic E-state index is 3.76. The van der Waals surface area contributed by atoms with E-state index in [9.17, 15) is 0 Å². The van der Waals surface area contributed by atoms with Gasteiger partial charge in [-0.15, -0.1) is 0 Å². The Kier molecular flexibility index (Phi) is 6.74. The van der Waals surface area contributed by atoms with Crippen LogP contribution in [0.2, 0.25) is 0 Å². The van der Waals surface area contributed by atoms with Gasteiger partial charge in [-0.05, 0) is 70.3 Å². The van der Waals surface area contributed by atoms with E-state index in [1.54, 1.807) is 0 Å². The van der Waals surface area contributed by atoms with E-state index in [0.29, 0.717) is 10.8 Å². The molecular weight excluding hydrogens is 256 g/mol. The summed E-state index contributed by atoms with van der Waals surface area (Å²) < 4.78 is 0. The van der Waals surface area contributed by atoms with Crippen LogP contribution < -0.4 is 5.32 Å². The van der Waals surface area contributed by atoms with E-state index in [0.717, 1.165) is 6.54 Å². The average molecular weight is 297 g/mol. The highest BCUT2D eigenvalue weighted by Gasteiger charge is 2.38. The first-order valence-electron chi connectivity index (χ1n) is 9.21. The maximum Gasteiger partial charge on any atom is 0.00967 e. The van der Waals surface area contributed by atoms with E-state index < -0.39 is 0 Å². The molecule has 0 atom stereocenters. The van der Waals surface area contributed by atoms with Gasteiger partial charge in [0.2, 0.25) is 0 Å². The third kappa shape index (κ3) is 5.25. The third-order valence-electron chi connectivity index (χ3n) is 6.07. The lowest BCUT2D eigenvalue weighted by atomic mass is 9.80. The molecule has 0 aromatic carbocycles. The second-order valence-corrected chi connectivity index (χ2v) is 8.48. The van der Waals surface area contributed by atoms with Gasteiger partial charge in [0.25, 0.3) is 0 Å². The zero-order valence-electron chi connectivity index (χ0n) is 15.8. The summed E-state index contributed by atoms with van der Waals surface area (Å²) in [5.74, 6) is 0. The van der Waals surface area contributed by atoms with Crippen molar-refractivity contribution in [2.75, 3.05) is 26.2 Å². The van der Waals surface area contributed by atoms with Crippen molar-refractivity contribution in [1.29, 1.82) is 0 Å². The van der Waals surface area contributed by atoms with Crippen LogP contribution >= 0.6 is 0 Å². The van der Waals surface area contributed by atoms with E-state index >= 15 is 0 Å². The van der Waals surface area contributed by atoms with Gasteiger partial charge in [-0.25, -0.2) is 0 Å². The molecule has 1 aliphatic heterocycles. The number of nitrogens with one attached hydrogen (secondary N) is 1. The fourth-order valence-electron chi connectivity index (χ4n) is 3.70. The van der Waals surface area contributed by atoms with Crippen LogP contribution in [0.1, 0.15) is 80.6 Å². The van der Waals surface area contributed by atoms with Crippen LogP contribution in [-0.4, -0.2) is 36.6 Å². The van der Waals surface area contributed by atoms with E-state index in [-0.39, 0.29) is 5.54 Å². The molecule has 0 bridgehead atoms. The average Bonchev–Trinajstić information content (AvgIpc) is 2.86. The van der Waals surface area contributed by atoms with Crippen molar-refractivity contribution >= 4 is 0 Å². The van der Waals surface area contributed by atoms with Gasteiger partial charge in [-0.1, -0.05) is 27.7 Å². The molecule has 1 N–H and O–H groups in total. The van der Waals surface area contributed by atoms with Crippen molar-refractivity contribution in [2.24, 2.45) is 10.8 Å². The van der Waals surface area contributed by atoms with Crippen molar-refractivity contribution in [3.05, 3.63) is 0 Å². The Bertz CT molecular complexity index is 295. The van der Waals surface area contributed by atoms with Crippen LogP contribution in [0.4, 0.5) is 0 Å². The number of rotatable bonds is 8. The second-order valence-electron chi connectivity index (χ2n) is 8.48. The lowest BCUT2D eigenvalue weighted by molar-refractivity contribution is 0.130. The Labute approximate surface area is 134 Å². The Morgan fingerprint density at radius 3 is 1.95 bits per heavy atom. The van der Waals surface area contributed by atoms with Crippen LogP contribution in [0.25, 0.3) is 0 Å². The van der Waals surface area contributed by atoms with Crippen molar-refractivity contribution < 1.29 is 0 Å². The summed E-state index contributed by atoms with van der Waals surface area (Å²) in [4.78, 5) is 2.75. The molecule has 2 heteroatoms. The Hall–Kier alpha value is -0.0800. The molecule has 0 unspecified atom stereocenters. The molecular formula is C19H40N2. The molecule has 0 saturated carbocycles. The Balaban J connectivity index is 2.67. The van der Waals surface area contributed by atoms with Gasteiger partial charge in [0, 0.05) is 25.2 Å². The van der Waals surface area contributed by atoms with Crippen molar-refractivity contribution in [1.82, 2.24) is 10.2 Å². The molecule has 126 valence electrons. The van der Waals surface area contributed by atoms with Crippen LogP contribution in [0.3, 0.4) is 0 Å². The number of likely N-dealkylation sites (tertiary alicyclic amines) is 1. The zero-order valence-corrected chi connectivity index (χ0v) is 15.8. The van der Waals surface area contributed by atoms with Gasteiger partial charge in [0.05, 0.1) is 0 Å². The van der Waals surface area contributed by atoms with E-state index in [1.807, 2.05) is 0 Å². The summed E-state index contributed by atoms with van der Waals surface area (Å²) in [7, 11) is 0. The number of hydrogen-bond donors (Lipinski definition) is 1. The predicted molar refractivity (Wildman–Crippen MR) is 94.8 cm³/mol. The molecule has 0 amide bonds. The molecule has 1 rings (SSSR count). The topological polar surface area (TPSA) is 15.3 Å². The molecule has 0 spiro atoms. The first-order valence-corrected chi connectivity index (χ1v) is 9.21. The second kappa shape index (κ2) is 7.46. The fourth-order valence-corrected chi connectivity index (χ4v) is 3.70. The van der Waals surface area contributed by atoms with Crippen LogP contribution in [0, 0.1) is 10.8 Å². The summed E-state index contributed by atoms with van der Waals surface area (Å²) in [6, 6.07) is 0. The van der Waals surface area contributed by atoms with Crippen molar-refractivity contribution in [3.63, 3.8) is 0 Å². The highest BCUT2D eigenvalue weighted by molar-refractivity contribution is 4.92. The highest BCUT2D eigenvalue weighted by Crippen LogP contribution is 2.39. The number of hydrogen-bond acceptors (Lipinski definition) is 2. The van der Waals surface area contributed by atoms with Gasteiger partial charge in [-0.3, -0.25) is 0 Å². The monoisotopic (exact) mass is 296 g/mol. The van der Waals surface area contributed by atoms with Gasteiger partial charge >= 0.3 is 0 Å². The molecule has 1 saturated heterocycles. The zero-order chi connectivity index (χ0) is 16.1. The largest absolute Gasteiger partial charge is 0.311 e. The Morgan fingerprint density at radius 1 is 1.00 bits per heavy atom. The van der Waals surface area contributed by atoms with Crippen LogP contribution in [0.15, 0.2) is 0 Å². The minimum absolute atomic E-state index is 0.219. The van der Waals surface area contributed by atoms with Crippen molar-refractivity contribution in [3.8, 4) is 0 Å². The van der Waals surface area contributed by atoms with Crippen molar-refractivity contribution in [2.45, 2.75) is 86.1 Å². The van der Waals surface area contributed by atoms with Gasteiger partial charge < -0.3 is 10.2 Å². The molecule has 2 nitrogen and oxygen atoms in total. The normalized spacial score (nSPS) is 20.1. The Morgan fingerprint density at radius 2 is 1.57 bits per heavy atom. The minimum Gasteiger partial charge on any atom is -0.311 e. The quantitative estimate of drug-likeness (QED) is 0.699. The van der Waals surface area contributed by atoms with Crippen LogP contribution in [-0.2, 0) is 0 Å². The van der Waals surface area contributed by atoms with Crippen LogP contribution in [0.5, 0.6) is 0 Å². The van der Waals surface area contributed by atoms with Gasteiger partial charge in [0.15, 0.2) is 0 Å². The summed E-state index contributed by atoms with van der Waals surface area (Å²) in [6.07, 6.45) is 6.62. The summed E-state index contributed by atoms with van der Waals surface area (Å²) in [5, 5.41) is 3.76. The molecule has 0 aliphatic carbocycles. The number of nitrogens with zero attached hydrogens (tertiary/aromatic N) is 1. The smallest absolute Gasteiger partial charge is 0.00967 e. The summed E-state index contributed by atoms with van der Waals surface area (Å²) in [6.45, 7) is 21.4. The standard InChI is InChI=1S/C19H40N2/c1-8-18(9-2)12-13-21(15-18)16-19(10-3,11-4)14-20-17(5,6)7/h20H,8-16H2,1-7H3. The fraction of sp³-hybridized carbons (Fsp3) is 1.00. The molecule has 0 aromatic rings. The molecule has 0 aromatic heterocycles. The van der Waals surface area contributed by atoms with E-state index in [4.69, 9.17) is 0 Å². The summed E-state index contributed by atoms with van der Waals surface area (Å²) >= 11 is 0. The van der Waals surface area contributed by atoms with E-state index in [2.05, 4.69) is 58.7 Å². The summed E-state index contributed by atoms with van der Waals surface area (Å²) in [5.41, 5.74) is 1.26. The minimum atomic E-state index is 0.219. The molecule has 1 heterocycles. The first-order chi connectivity index (χ1) is 9.74. The van der Waals surface area contributed by atoms with Gasteiger partial charge in [0.1, 0.15) is 0 Å². The molecule has 1 aliphatic rings. The van der Waals surface area contributed by atoms with E-state index in [1.165, 1.54) is 51.7 Å². The molecule has 1 fully saturated rings. The highest BCUT2D eigenvalue weighted by atomic mass is 15.2. The maximum absolute atomic E-state index is 3.76. The lowest BCUT2D eigenvalue weighted by Crippen LogP contribution is -2.48. The molecule has 21 heavy (non-hydrogen) atoms. The molecule has 0 radical (unpaired) electrons. The predicted octanol–water partition coefficient (Wildman–Crippen LogP) is 4.69. The first kappa shape index (κ1) is 19.0. The third-order valence-corrected chi connectivity index (χ3v) is 6.07. The SMILES string of the molecule is CCC1(CC)CCN(CC(CC)(CC)CNC(C)(C)C)C1.